The maximum absolute atomic E-state index is 6.38. The summed E-state index contributed by atoms with van der Waals surface area (Å²) in [7, 11) is 0. The lowest BCUT2D eigenvalue weighted by Gasteiger charge is -2.24. The first-order chi connectivity index (χ1) is 17.0. The van der Waals surface area contributed by atoms with Crippen molar-refractivity contribution in [3.05, 3.63) is 50.2 Å². The molecule has 200 valence electrons. The van der Waals surface area contributed by atoms with Crippen molar-refractivity contribution in [1.82, 2.24) is 9.44 Å². The van der Waals surface area contributed by atoms with Gasteiger partial charge in [0.1, 0.15) is 0 Å². The van der Waals surface area contributed by atoms with Crippen molar-refractivity contribution in [2.24, 2.45) is 0 Å². The SMILES string of the molecule is Clc1c(Cl)c(Cl)c(SNC2CCCCCC(NSc3c(Cl)c(Cl)c(Cl)c(Cl)c3Cl)CCC2)c(Cl)c1Cl. The monoisotopic (exact) mass is 726 g/mol. The van der Waals surface area contributed by atoms with Gasteiger partial charge in [0.2, 0.25) is 0 Å². The summed E-state index contributed by atoms with van der Waals surface area (Å²) in [6, 6.07) is 0.527. The highest BCUT2D eigenvalue weighted by molar-refractivity contribution is 7.98. The fraction of sp³-hybridized carbons (Fsp3) is 0.455. The molecule has 1 aliphatic carbocycles. The molecule has 2 N–H and O–H groups in total. The molecule has 0 amide bonds. The van der Waals surface area contributed by atoms with Crippen molar-refractivity contribution in [1.29, 1.82) is 0 Å². The average Bonchev–Trinajstić information content (AvgIpc) is 2.87. The Hall–Kier alpha value is 1.96. The Bertz CT molecular complexity index is 960. The molecular weight excluding hydrogens is 711 g/mol. The van der Waals surface area contributed by atoms with Crippen molar-refractivity contribution in [2.45, 2.75) is 73.2 Å². The minimum atomic E-state index is 0.151. The van der Waals surface area contributed by atoms with Gasteiger partial charge in [0.25, 0.3) is 0 Å². The van der Waals surface area contributed by atoms with Crippen LogP contribution in [0.15, 0.2) is 9.79 Å². The molecule has 2 unspecified atom stereocenters. The number of hydrogen-bond acceptors (Lipinski definition) is 4. The largest absolute Gasteiger partial charge is 0.257 e. The highest BCUT2D eigenvalue weighted by Gasteiger charge is 2.23. The van der Waals surface area contributed by atoms with Crippen LogP contribution in [0.3, 0.4) is 0 Å². The second kappa shape index (κ2) is 15.3. The molecule has 0 aromatic heterocycles. The molecule has 1 aliphatic rings. The van der Waals surface area contributed by atoms with Crippen LogP contribution in [-0.4, -0.2) is 12.1 Å². The first-order valence-electron chi connectivity index (χ1n) is 10.9. The molecule has 2 aromatic carbocycles. The highest BCUT2D eigenvalue weighted by atomic mass is 35.5. The van der Waals surface area contributed by atoms with Crippen LogP contribution < -0.4 is 9.44 Å². The lowest BCUT2D eigenvalue weighted by atomic mass is 9.96. The zero-order valence-electron chi connectivity index (χ0n) is 18.4. The molecule has 3 rings (SSSR count). The predicted molar refractivity (Wildman–Crippen MR) is 165 cm³/mol. The predicted octanol–water partition coefficient (Wildman–Crippen LogP) is 13.0. The molecule has 1 fully saturated rings. The van der Waals surface area contributed by atoms with E-state index < -0.39 is 0 Å². The maximum atomic E-state index is 6.38. The van der Waals surface area contributed by atoms with Crippen molar-refractivity contribution >= 4 is 140 Å². The third-order valence-electron chi connectivity index (χ3n) is 5.70. The van der Waals surface area contributed by atoms with Gasteiger partial charge >= 0.3 is 0 Å². The Balaban J connectivity index is 1.60. The van der Waals surface area contributed by atoms with Crippen LogP contribution in [0.2, 0.25) is 50.2 Å². The molecule has 14 heteroatoms. The lowest BCUT2D eigenvalue weighted by Crippen LogP contribution is -2.27. The molecule has 0 spiro atoms. The van der Waals surface area contributed by atoms with E-state index in [-0.39, 0.29) is 62.3 Å². The summed E-state index contributed by atoms with van der Waals surface area (Å²) < 4.78 is 7.00. The summed E-state index contributed by atoms with van der Waals surface area (Å²) in [5.74, 6) is 0. The van der Waals surface area contributed by atoms with Gasteiger partial charge in [-0.3, -0.25) is 9.44 Å². The molecule has 2 atom stereocenters. The standard InChI is InChI=1S/C22H20Cl10N2S2/c23-11-13(25)17(29)21(18(30)14(11)26)35-33-9-5-2-1-3-6-10(8-4-7-9)34-36-22-19(31)15(27)12(24)16(28)20(22)32/h9-10,33-34H,1-8H2. The zero-order valence-corrected chi connectivity index (χ0v) is 27.6. The first kappa shape index (κ1) is 32.5. The normalized spacial score (nSPS) is 19.5. The van der Waals surface area contributed by atoms with Crippen LogP contribution in [0.4, 0.5) is 0 Å². The number of hydrogen-bond donors (Lipinski definition) is 2. The summed E-state index contributed by atoms with van der Waals surface area (Å²) >= 11 is 65.2. The van der Waals surface area contributed by atoms with Crippen LogP contribution in [0, 0.1) is 0 Å². The van der Waals surface area contributed by atoms with E-state index in [4.69, 9.17) is 116 Å². The molecule has 2 aromatic rings. The smallest absolute Gasteiger partial charge is 0.0809 e. The van der Waals surface area contributed by atoms with Crippen molar-refractivity contribution in [3.8, 4) is 0 Å². The van der Waals surface area contributed by atoms with Gasteiger partial charge < -0.3 is 0 Å². The van der Waals surface area contributed by atoms with Crippen LogP contribution in [0.5, 0.6) is 0 Å². The van der Waals surface area contributed by atoms with E-state index in [2.05, 4.69) is 9.44 Å². The van der Waals surface area contributed by atoms with Crippen molar-refractivity contribution in [2.75, 3.05) is 0 Å². The molecule has 0 heterocycles. The number of nitrogens with one attached hydrogen (secondary N) is 2. The third kappa shape index (κ3) is 8.03. The van der Waals surface area contributed by atoms with Gasteiger partial charge in [-0.25, -0.2) is 0 Å². The van der Waals surface area contributed by atoms with Crippen molar-refractivity contribution < 1.29 is 0 Å². The summed E-state index contributed by atoms with van der Waals surface area (Å²) in [4.78, 5) is 1.14. The molecule has 36 heavy (non-hydrogen) atoms. The Labute approximate surface area is 270 Å². The summed E-state index contributed by atoms with van der Waals surface area (Å²) in [6.45, 7) is 0. The number of benzene rings is 2. The molecule has 2 nitrogen and oxygen atoms in total. The Morgan fingerprint density at radius 3 is 1.00 bits per heavy atom. The van der Waals surface area contributed by atoms with Crippen LogP contribution in [0.1, 0.15) is 51.4 Å². The minimum Gasteiger partial charge on any atom is -0.257 e. The molecule has 0 saturated heterocycles. The van der Waals surface area contributed by atoms with Gasteiger partial charge in [0, 0.05) is 12.1 Å². The summed E-state index contributed by atoms with van der Waals surface area (Å²) in [5, 5.41) is 2.22. The van der Waals surface area contributed by atoms with Crippen molar-refractivity contribution in [3.63, 3.8) is 0 Å². The van der Waals surface area contributed by atoms with E-state index in [9.17, 15) is 0 Å². The van der Waals surface area contributed by atoms with E-state index in [0.29, 0.717) is 9.79 Å². The van der Waals surface area contributed by atoms with Crippen LogP contribution in [-0.2, 0) is 0 Å². The Morgan fingerprint density at radius 1 is 0.389 bits per heavy atom. The molecule has 0 bridgehead atoms. The highest BCUT2D eigenvalue weighted by Crippen LogP contribution is 2.48. The van der Waals surface area contributed by atoms with Crippen LogP contribution >= 0.6 is 140 Å². The number of halogens is 10. The van der Waals surface area contributed by atoms with E-state index >= 15 is 0 Å². The van der Waals surface area contributed by atoms with Gasteiger partial charge in [-0.1, -0.05) is 142 Å². The Morgan fingerprint density at radius 2 is 0.667 bits per heavy atom. The molecular formula is C22H20Cl10N2S2. The quantitative estimate of drug-likeness (QED) is 0.176. The minimum absolute atomic E-state index is 0.151. The van der Waals surface area contributed by atoms with Gasteiger partial charge in [-0.2, -0.15) is 0 Å². The third-order valence-corrected chi connectivity index (χ3v) is 12.8. The van der Waals surface area contributed by atoms with Gasteiger partial charge in [0.05, 0.1) is 60.0 Å². The first-order valence-corrected chi connectivity index (χ1v) is 16.3. The van der Waals surface area contributed by atoms with Gasteiger partial charge in [-0.15, -0.1) is 0 Å². The molecule has 1 saturated carbocycles. The zero-order chi connectivity index (χ0) is 26.6. The topological polar surface area (TPSA) is 24.1 Å². The lowest BCUT2D eigenvalue weighted by molar-refractivity contribution is 0.411. The van der Waals surface area contributed by atoms with E-state index in [0.717, 1.165) is 51.4 Å². The fourth-order valence-corrected chi connectivity index (χ4v) is 8.50. The van der Waals surface area contributed by atoms with E-state index in [1.54, 1.807) is 0 Å². The Kier molecular flexibility index (Phi) is 13.8. The van der Waals surface area contributed by atoms with E-state index in [1.165, 1.54) is 23.9 Å². The second-order valence-electron chi connectivity index (χ2n) is 8.20. The summed E-state index contributed by atoms with van der Waals surface area (Å²) in [5.41, 5.74) is 0. The van der Waals surface area contributed by atoms with E-state index in [1.807, 2.05) is 0 Å². The maximum Gasteiger partial charge on any atom is 0.0809 e. The molecule has 0 radical (unpaired) electrons. The van der Waals surface area contributed by atoms with Gasteiger partial charge in [-0.05, 0) is 49.6 Å². The number of rotatable bonds is 6. The fourth-order valence-electron chi connectivity index (χ4n) is 3.73. The summed E-state index contributed by atoms with van der Waals surface area (Å²) in [6.07, 6.45) is 8.34. The second-order valence-corrected chi connectivity index (χ2v) is 13.7. The van der Waals surface area contributed by atoms with Crippen LogP contribution in [0.25, 0.3) is 0 Å². The average molecular weight is 731 g/mol. The molecule has 0 aliphatic heterocycles. The van der Waals surface area contributed by atoms with Gasteiger partial charge in [0.15, 0.2) is 0 Å².